The molecule has 0 bridgehead atoms. The lowest BCUT2D eigenvalue weighted by Crippen LogP contribution is -2.28. The van der Waals surface area contributed by atoms with Crippen molar-refractivity contribution in [3.8, 4) is 0 Å². The first-order valence-corrected chi connectivity index (χ1v) is 7.71. The van der Waals surface area contributed by atoms with Crippen molar-refractivity contribution in [2.75, 3.05) is 13.7 Å². The van der Waals surface area contributed by atoms with Crippen molar-refractivity contribution in [2.24, 2.45) is 5.73 Å². The van der Waals surface area contributed by atoms with Crippen LogP contribution in [0.2, 0.25) is 0 Å². The average molecular weight is 339 g/mol. The summed E-state index contributed by atoms with van der Waals surface area (Å²) in [6.45, 7) is 2.04. The van der Waals surface area contributed by atoms with Crippen molar-refractivity contribution in [2.45, 2.75) is 26.3 Å². The summed E-state index contributed by atoms with van der Waals surface area (Å²) in [7, 11) is 1.53. The fourth-order valence-corrected chi connectivity index (χ4v) is 3.33. The Bertz CT molecular complexity index is 824. The first kappa shape index (κ1) is 17.1. The zero-order chi connectivity index (χ0) is 17.1. The number of carboxylic acids is 1. The molecule has 1 amide bonds. The number of aromatic carboxylic acids is 1. The van der Waals surface area contributed by atoms with E-state index in [1.54, 1.807) is 6.92 Å². The van der Waals surface area contributed by atoms with Gasteiger partial charge in [-0.15, -0.1) is 11.3 Å². The van der Waals surface area contributed by atoms with Crippen LogP contribution in [0.25, 0.3) is 10.2 Å². The number of carbonyl (C=O) groups is 2. The van der Waals surface area contributed by atoms with E-state index in [1.165, 1.54) is 11.7 Å². The van der Waals surface area contributed by atoms with E-state index >= 15 is 0 Å². The Balaban J connectivity index is 2.65. The molecule has 0 spiro atoms. The normalized spacial score (nSPS) is 11.0. The molecule has 2 rings (SSSR count). The number of amides is 1. The van der Waals surface area contributed by atoms with E-state index < -0.39 is 11.9 Å². The number of ether oxygens (including phenoxy) is 1. The number of rotatable bonds is 7. The molecule has 0 radical (unpaired) electrons. The molecule has 0 unspecified atom stereocenters. The average Bonchev–Trinajstić information content (AvgIpc) is 2.81. The van der Waals surface area contributed by atoms with E-state index in [1.807, 2.05) is 0 Å². The van der Waals surface area contributed by atoms with Crippen molar-refractivity contribution in [3.63, 3.8) is 0 Å². The Kier molecular flexibility index (Phi) is 5.12. The van der Waals surface area contributed by atoms with E-state index in [9.17, 15) is 19.5 Å². The maximum atomic E-state index is 12.7. The predicted octanol–water partition coefficient (Wildman–Crippen LogP) is 0.529. The molecule has 2 aromatic heterocycles. The minimum atomic E-state index is -1.09. The zero-order valence-corrected chi connectivity index (χ0v) is 13.6. The van der Waals surface area contributed by atoms with Gasteiger partial charge in [0.1, 0.15) is 15.5 Å². The van der Waals surface area contributed by atoms with Crippen LogP contribution in [-0.4, -0.2) is 40.3 Å². The van der Waals surface area contributed by atoms with Crippen molar-refractivity contribution in [3.05, 3.63) is 26.6 Å². The Morgan fingerprint density at radius 1 is 1.43 bits per heavy atom. The largest absolute Gasteiger partial charge is 0.477 e. The topological polar surface area (TPSA) is 125 Å². The van der Waals surface area contributed by atoms with Gasteiger partial charge in [-0.05, 0) is 12.5 Å². The number of nitrogens with two attached hydrogens (primary N) is 1. The molecule has 0 aliphatic rings. The zero-order valence-electron chi connectivity index (χ0n) is 12.8. The maximum absolute atomic E-state index is 12.7. The molecule has 8 nitrogen and oxygen atoms in total. The quantitative estimate of drug-likeness (QED) is 0.758. The van der Waals surface area contributed by atoms with Crippen LogP contribution in [-0.2, 0) is 22.5 Å². The Morgan fingerprint density at radius 2 is 2.13 bits per heavy atom. The first-order chi connectivity index (χ1) is 10.9. The molecular formula is C14H17N3O5S. The summed E-state index contributed by atoms with van der Waals surface area (Å²) in [5.74, 6) is -1.17. The van der Waals surface area contributed by atoms with Crippen LogP contribution >= 0.6 is 11.3 Å². The minimum absolute atomic E-state index is 0.00203. The van der Waals surface area contributed by atoms with Gasteiger partial charge in [0.25, 0.3) is 5.56 Å². The summed E-state index contributed by atoms with van der Waals surface area (Å²) in [5, 5.41) is 9.48. The summed E-state index contributed by atoms with van der Waals surface area (Å²) in [5.41, 5.74) is 5.18. The molecule has 124 valence electrons. The molecule has 23 heavy (non-hydrogen) atoms. The smallest absolute Gasteiger partial charge is 0.346 e. The molecule has 2 heterocycles. The van der Waals surface area contributed by atoms with Crippen LogP contribution in [0.4, 0.5) is 0 Å². The van der Waals surface area contributed by atoms with Crippen LogP contribution in [0.1, 0.15) is 27.5 Å². The number of primary amides is 1. The first-order valence-electron chi connectivity index (χ1n) is 6.90. The highest BCUT2D eigenvalue weighted by atomic mass is 32.1. The van der Waals surface area contributed by atoms with Gasteiger partial charge in [-0.25, -0.2) is 9.78 Å². The second-order valence-corrected chi connectivity index (χ2v) is 5.98. The van der Waals surface area contributed by atoms with Gasteiger partial charge >= 0.3 is 5.97 Å². The molecule has 0 saturated carbocycles. The van der Waals surface area contributed by atoms with E-state index in [4.69, 9.17) is 10.5 Å². The van der Waals surface area contributed by atoms with Crippen LogP contribution in [0.3, 0.4) is 0 Å². The SMILES string of the molecule is COCCc1nc2sc(C(=O)O)c(C)c2c(=O)n1CCC(N)=O. The van der Waals surface area contributed by atoms with Gasteiger partial charge in [-0.1, -0.05) is 0 Å². The Labute approximate surface area is 135 Å². The number of methoxy groups -OCH3 is 1. The number of hydrogen-bond acceptors (Lipinski definition) is 6. The predicted molar refractivity (Wildman–Crippen MR) is 85.0 cm³/mol. The standard InChI is InChI=1S/C14H17N3O5S/c1-7-10-12(23-11(7)14(20)21)16-9(4-6-22-2)17(13(10)19)5-3-8(15)18/h3-6H2,1-2H3,(H2,15,18)(H,20,21). The van der Waals surface area contributed by atoms with Gasteiger partial charge in [-0.2, -0.15) is 0 Å². The van der Waals surface area contributed by atoms with Crippen molar-refractivity contribution >= 4 is 33.4 Å². The number of hydrogen-bond donors (Lipinski definition) is 2. The molecule has 0 aliphatic carbocycles. The fraction of sp³-hybridized carbons (Fsp3) is 0.429. The van der Waals surface area contributed by atoms with E-state index in [2.05, 4.69) is 4.98 Å². The Hall–Kier alpha value is -2.26. The number of carboxylic acid groups (broad SMARTS) is 1. The third kappa shape index (κ3) is 3.40. The summed E-state index contributed by atoms with van der Waals surface area (Å²) in [4.78, 5) is 39.9. The van der Waals surface area contributed by atoms with Crippen LogP contribution in [0.15, 0.2) is 4.79 Å². The maximum Gasteiger partial charge on any atom is 0.346 e. The summed E-state index contributed by atoms with van der Waals surface area (Å²) < 4.78 is 6.38. The molecule has 0 saturated heterocycles. The Morgan fingerprint density at radius 3 is 2.70 bits per heavy atom. The lowest BCUT2D eigenvalue weighted by Gasteiger charge is -2.11. The molecule has 2 aromatic rings. The van der Waals surface area contributed by atoms with E-state index in [-0.39, 0.29) is 28.8 Å². The molecule has 0 atom stereocenters. The van der Waals surface area contributed by atoms with Gasteiger partial charge in [0, 0.05) is 26.5 Å². The van der Waals surface area contributed by atoms with Gasteiger partial charge in [0.05, 0.1) is 12.0 Å². The number of thiophene rings is 1. The second kappa shape index (κ2) is 6.88. The third-order valence-electron chi connectivity index (χ3n) is 3.44. The molecular weight excluding hydrogens is 322 g/mol. The second-order valence-electron chi connectivity index (χ2n) is 4.99. The molecule has 0 aromatic carbocycles. The molecule has 0 aliphatic heterocycles. The minimum Gasteiger partial charge on any atom is -0.477 e. The number of nitrogens with zero attached hydrogens (tertiary/aromatic N) is 2. The van der Waals surface area contributed by atoms with Gasteiger partial charge < -0.3 is 15.6 Å². The lowest BCUT2D eigenvalue weighted by molar-refractivity contribution is -0.118. The number of fused-ring (bicyclic) bond motifs is 1. The van der Waals surface area contributed by atoms with Crippen molar-refractivity contribution in [1.29, 1.82) is 0 Å². The monoisotopic (exact) mass is 339 g/mol. The highest BCUT2D eigenvalue weighted by Gasteiger charge is 2.21. The van der Waals surface area contributed by atoms with Crippen molar-refractivity contribution in [1.82, 2.24) is 9.55 Å². The summed E-state index contributed by atoms with van der Waals surface area (Å²) >= 11 is 0.970. The lowest BCUT2D eigenvalue weighted by atomic mass is 10.2. The number of aryl methyl sites for hydroxylation is 1. The van der Waals surface area contributed by atoms with Crippen molar-refractivity contribution < 1.29 is 19.4 Å². The third-order valence-corrected chi connectivity index (χ3v) is 4.61. The van der Waals surface area contributed by atoms with Gasteiger partial charge in [-0.3, -0.25) is 14.2 Å². The van der Waals surface area contributed by atoms with E-state index in [0.29, 0.717) is 29.2 Å². The van der Waals surface area contributed by atoms with E-state index in [0.717, 1.165) is 11.3 Å². The molecule has 3 N–H and O–H groups in total. The van der Waals surface area contributed by atoms with Crippen LogP contribution in [0.5, 0.6) is 0 Å². The highest BCUT2D eigenvalue weighted by Crippen LogP contribution is 2.27. The number of aromatic nitrogens is 2. The summed E-state index contributed by atoms with van der Waals surface area (Å²) in [6.07, 6.45) is 0.377. The molecule has 9 heteroatoms. The highest BCUT2D eigenvalue weighted by molar-refractivity contribution is 7.20. The van der Waals surface area contributed by atoms with Gasteiger partial charge in [0.2, 0.25) is 5.91 Å². The van der Waals surface area contributed by atoms with Crippen LogP contribution in [0, 0.1) is 6.92 Å². The van der Waals surface area contributed by atoms with Crippen LogP contribution < -0.4 is 11.3 Å². The summed E-state index contributed by atoms with van der Waals surface area (Å²) in [6, 6.07) is 0. The molecule has 0 fully saturated rings. The number of carbonyl (C=O) groups excluding carboxylic acids is 1. The fourth-order valence-electron chi connectivity index (χ4n) is 2.30. The van der Waals surface area contributed by atoms with Gasteiger partial charge in [0.15, 0.2) is 0 Å².